The second-order valence-corrected chi connectivity index (χ2v) is 5.44. The Morgan fingerprint density at radius 1 is 1.44 bits per heavy atom. The van der Waals surface area contributed by atoms with Crippen molar-refractivity contribution in [2.75, 3.05) is 19.0 Å². The third-order valence-corrected chi connectivity index (χ3v) is 3.94. The zero-order valence-corrected chi connectivity index (χ0v) is 11.4. The summed E-state index contributed by atoms with van der Waals surface area (Å²) in [5, 5.41) is 1.84. The molecule has 0 aliphatic rings. The van der Waals surface area contributed by atoms with Crippen LogP contribution >= 0.6 is 38.9 Å². The minimum absolute atomic E-state index is 0.194. The van der Waals surface area contributed by atoms with E-state index in [-0.39, 0.29) is 19.0 Å². The predicted octanol–water partition coefficient (Wildman–Crippen LogP) is 4.11. The van der Waals surface area contributed by atoms with E-state index in [1.165, 1.54) is 16.2 Å². The van der Waals surface area contributed by atoms with Crippen LogP contribution in [0.1, 0.15) is 4.88 Å². The average molecular weight is 337 g/mol. The maximum absolute atomic E-state index is 12.3. The van der Waals surface area contributed by atoms with Crippen molar-refractivity contribution in [3.63, 3.8) is 0 Å². The number of nitrogens with zero attached hydrogens (tertiary/aromatic N) is 1. The van der Waals surface area contributed by atoms with Crippen molar-refractivity contribution >= 4 is 38.9 Å². The molecule has 0 aromatic carbocycles. The molecule has 0 fully saturated rings. The van der Waals surface area contributed by atoms with Crippen molar-refractivity contribution in [3.05, 3.63) is 20.8 Å². The molecule has 0 bridgehead atoms. The van der Waals surface area contributed by atoms with Gasteiger partial charge in [-0.25, -0.2) is 0 Å². The molecule has 7 heteroatoms. The summed E-state index contributed by atoms with van der Waals surface area (Å²) >= 11 is 10.2. The van der Waals surface area contributed by atoms with Crippen LogP contribution in [-0.4, -0.2) is 30.0 Å². The number of alkyl halides is 4. The molecule has 16 heavy (non-hydrogen) atoms. The molecule has 0 spiro atoms. The van der Waals surface area contributed by atoms with Gasteiger partial charge in [0, 0.05) is 28.3 Å². The van der Waals surface area contributed by atoms with Gasteiger partial charge in [0.15, 0.2) is 0 Å². The number of hydrogen-bond acceptors (Lipinski definition) is 2. The molecule has 1 heterocycles. The SMILES string of the molecule is FC(F)(F)CN(CCCl)Cc1sccc1Br. The van der Waals surface area contributed by atoms with Gasteiger partial charge in [-0.1, -0.05) is 0 Å². The van der Waals surface area contributed by atoms with Crippen molar-refractivity contribution in [1.82, 2.24) is 4.90 Å². The summed E-state index contributed by atoms with van der Waals surface area (Å²) in [6.45, 7) is -0.431. The fraction of sp³-hybridized carbons (Fsp3) is 0.556. The van der Waals surface area contributed by atoms with Crippen molar-refractivity contribution in [3.8, 4) is 0 Å². The molecule has 0 aliphatic heterocycles. The van der Waals surface area contributed by atoms with Crippen LogP contribution in [0.4, 0.5) is 13.2 Å². The molecule has 1 rings (SSSR count). The molecule has 1 aromatic rings. The van der Waals surface area contributed by atoms with E-state index in [1.54, 1.807) is 0 Å². The summed E-state index contributed by atoms with van der Waals surface area (Å²) in [4.78, 5) is 2.18. The summed E-state index contributed by atoms with van der Waals surface area (Å²) in [6.07, 6.45) is -4.18. The molecule has 0 radical (unpaired) electrons. The maximum Gasteiger partial charge on any atom is 0.401 e. The van der Waals surface area contributed by atoms with E-state index < -0.39 is 12.7 Å². The Labute approximate surface area is 109 Å². The fourth-order valence-electron chi connectivity index (χ4n) is 1.23. The van der Waals surface area contributed by atoms with Gasteiger partial charge < -0.3 is 0 Å². The van der Waals surface area contributed by atoms with Crippen LogP contribution in [0, 0.1) is 0 Å². The Morgan fingerprint density at radius 3 is 2.56 bits per heavy atom. The Kier molecular flexibility index (Phi) is 5.56. The molecule has 0 saturated carbocycles. The van der Waals surface area contributed by atoms with Crippen molar-refractivity contribution in [1.29, 1.82) is 0 Å². The number of thiophene rings is 1. The standard InChI is InChI=1S/C9H10BrClF3NS/c10-7-1-4-16-8(7)5-15(3-2-11)6-9(12,13)14/h1,4H,2-3,5-6H2. The normalized spacial score (nSPS) is 12.4. The molecule has 0 N–H and O–H groups in total. The fourth-order valence-corrected chi connectivity index (χ4v) is 2.99. The highest BCUT2D eigenvalue weighted by atomic mass is 79.9. The lowest BCUT2D eigenvalue weighted by Gasteiger charge is -2.22. The number of rotatable bonds is 5. The number of halogens is 5. The topological polar surface area (TPSA) is 3.24 Å². The highest BCUT2D eigenvalue weighted by Crippen LogP contribution is 2.25. The largest absolute Gasteiger partial charge is 0.401 e. The molecular weight excluding hydrogens is 327 g/mol. The summed E-state index contributed by atoms with van der Waals surface area (Å²) in [7, 11) is 0. The van der Waals surface area contributed by atoms with Gasteiger partial charge in [-0.15, -0.1) is 22.9 Å². The molecular formula is C9H10BrClF3NS. The first-order valence-electron chi connectivity index (χ1n) is 4.49. The molecule has 0 atom stereocenters. The molecule has 0 unspecified atom stereocenters. The van der Waals surface area contributed by atoms with E-state index in [9.17, 15) is 13.2 Å². The maximum atomic E-state index is 12.3. The molecule has 0 aliphatic carbocycles. The second kappa shape index (κ2) is 6.23. The summed E-state index contributed by atoms with van der Waals surface area (Å²) in [5.74, 6) is 0.194. The average Bonchev–Trinajstić information content (AvgIpc) is 2.49. The van der Waals surface area contributed by atoms with E-state index in [0.717, 1.165) is 9.35 Å². The zero-order valence-electron chi connectivity index (χ0n) is 8.23. The Hall–Kier alpha value is 0.220. The van der Waals surface area contributed by atoms with Gasteiger partial charge >= 0.3 is 6.18 Å². The smallest absolute Gasteiger partial charge is 0.289 e. The first-order chi connectivity index (χ1) is 7.42. The molecule has 0 amide bonds. The van der Waals surface area contributed by atoms with Gasteiger partial charge in [0.05, 0.1) is 6.54 Å². The van der Waals surface area contributed by atoms with Gasteiger partial charge in [0.25, 0.3) is 0 Å². The Morgan fingerprint density at radius 2 is 2.12 bits per heavy atom. The highest BCUT2D eigenvalue weighted by Gasteiger charge is 2.30. The van der Waals surface area contributed by atoms with E-state index in [2.05, 4.69) is 15.9 Å². The Balaban J connectivity index is 2.61. The van der Waals surface area contributed by atoms with Crippen LogP contribution in [0.2, 0.25) is 0 Å². The lowest BCUT2D eigenvalue weighted by atomic mass is 10.4. The minimum Gasteiger partial charge on any atom is -0.289 e. The quantitative estimate of drug-likeness (QED) is 0.731. The van der Waals surface area contributed by atoms with E-state index in [1.807, 2.05) is 11.4 Å². The van der Waals surface area contributed by atoms with E-state index >= 15 is 0 Å². The van der Waals surface area contributed by atoms with E-state index in [4.69, 9.17) is 11.6 Å². The summed E-state index contributed by atoms with van der Waals surface area (Å²) < 4.78 is 37.6. The van der Waals surface area contributed by atoms with Crippen molar-refractivity contribution in [2.24, 2.45) is 0 Å². The van der Waals surface area contributed by atoms with Crippen LogP contribution in [0.15, 0.2) is 15.9 Å². The molecule has 92 valence electrons. The van der Waals surface area contributed by atoms with Crippen LogP contribution in [0.3, 0.4) is 0 Å². The first-order valence-corrected chi connectivity index (χ1v) is 6.70. The molecule has 0 saturated heterocycles. The predicted molar refractivity (Wildman–Crippen MR) is 64.1 cm³/mol. The van der Waals surface area contributed by atoms with Crippen LogP contribution in [-0.2, 0) is 6.54 Å². The zero-order chi connectivity index (χ0) is 12.2. The molecule has 1 nitrogen and oxygen atoms in total. The van der Waals surface area contributed by atoms with Crippen LogP contribution < -0.4 is 0 Å². The number of hydrogen-bond donors (Lipinski definition) is 0. The first kappa shape index (κ1) is 14.3. The third-order valence-electron chi connectivity index (χ3n) is 1.86. The Bertz CT molecular complexity index is 329. The van der Waals surface area contributed by atoms with Gasteiger partial charge in [-0.3, -0.25) is 4.90 Å². The summed E-state index contributed by atoms with van der Waals surface area (Å²) in [6, 6.07) is 1.83. The molecule has 1 aromatic heterocycles. The van der Waals surface area contributed by atoms with Gasteiger partial charge in [-0.2, -0.15) is 13.2 Å². The van der Waals surface area contributed by atoms with E-state index in [0.29, 0.717) is 0 Å². The minimum atomic E-state index is -4.18. The lowest BCUT2D eigenvalue weighted by molar-refractivity contribution is -0.146. The van der Waals surface area contributed by atoms with Crippen LogP contribution in [0.5, 0.6) is 0 Å². The van der Waals surface area contributed by atoms with Crippen LogP contribution in [0.25, 0.3) is 0 Å². The third kappa shape index (κ3) is 5.03. The van der Waals surface area contributed by atoms with Gasteiger partial charge in [-0.05, 0) is 27.4 Å². The van der Waals surface area contributed by atoms with Crippen molar-refractivity contribution < 1.29 is 13.2 Å². The monoisotopic (exact) mass is 335 g/mol. The summed E-state index contributed by atoms with van der Waals surface area (Å²) in [5.41, 5.74) is 0. The second-order valence-electron chi connectivity index (χ2n) is 3.21. The van der Waals surface area contributed by atoms with Crippen molar-refractivity contribution in [2.45, 2.75) is 12.7 Å². The lowest BCUT2D eigenvalue weighted by Crippen LogP contribution is -2.35. The van der Waals surface area contributed by atoms with Gasteiger partial charge in [0.2, 0.25) is 0 Å². The highest BCUT2D eigenvalue weighted by molar-refractivity contribution is 9.10. The van der Waals surface area contributed by atoms with Gasteiger partial charge in [0.1, 0.15) is 0 Å².